The molecule has 0 radical (unpaired) electrons. The molecule has 0 aliphatic carbocycles. The van der Waals surface area contributed by atoms with Crippen LogP contribution in [0.2, 0.25) is 0 Å². The molecule has 1 fully saturated rings. The summed E-state index contributed by atoms with van der Waals surface area (Å²) in [5, 5.41) is 3.14. The number of carbonyl (C=O) groups is 1. The van der Waals surface area contributed by atoms with Gasteiger partial charge < -0.3 is 9.88 Å². The maximum Gasteiger partial charge on any atom is 0.228 e. The number of aryl methyl sites for hydroxylation is 1. The smallest absolute Gasteiger partial charge is 0.228 e. The van der Waals surface area contributed by atoms with E-state index in [9.17, 15) is 4.79 Å². The van der Waals surface area contributed by atoms with E-state index in [0.29, 0.717) is 6.04 Å². The Hall–Kier alpha value is -2.66. The lowest BCUT2D eigenvalue weighted by Crippen LogP contribution is -2.40. The fraction of sp³-hybridized carbons (Fsp3) is 0.440. The molecule has 2 aromatic carbocycles. The molecule has 0 saturated carbocycles. The molecule has 0 spiro atoms. The minimum Gasteiger partial charge on any atom is -0.326 e. The quantitative estimate of drug-likeness (QED) is 0.627. The first-order chi connectivity index (χ1) is 14.5. The van der Waals surface area contributed by atoms with Crippen molar-refractivity contribution in [3.8, 4) is 0 Å². The van der Waals surface area contributed by atoms with Crippen LogP contribution in [0.15, 0.2) is 48.5 Å². The minimum absolute atomic E-state index is 0.0147. The molecule has 5 heteroatoms. The number of carbonyl (C=O) groups excluding carboxylic acids is 1. The third-order valence-electron chi connectivity index (χ3n) is 6.03. The highest BCUT2D eigenvalue weighted by Crippen LogP contribution is 2.25. The second-order valence-corrected chi connectivity index (χ2v) is 8.60. The van der Waals surface area contributed by atoms with Crippen molar-refractivity contribution < 1.29 is 4.79 Å². The normalized spacial score (nSPS) is 17.5. The van der Waals surface area contributed by atoms with Gasteiger partial charge in [0.25, 0.3) is 0 Å². The maximum absolute atomic E-state index is 12.9. The van der Waals surface area contributed by atoms with Crippen LogP contribution in [0.1, 0.15) is 51.0 Å². The van der Waals surface area contributed by atoms with E-state index in [0.717, 1.165) is 55.9 Å². The van der Waals surface area contributed by atoms with Gasteiger partial charge in [0.05, 0.1) is 23.5 Å². The molecule has 1 aliphatic rings. The van der Waals surface area contributed by atoms with Gasteiger partial charge in [-0.15, -0.1) is 0 Å². The molecule has 4 rings (SSSR count). The Balaban J connectivity index is 1.46. The predicted octanol–water partition coefficient (Wildman–Crippen LogP) is 5.03. The Morgan fingerprint density at radius 2 is 2.03 bits per heavy atom. The number of fused-ring (bicyclic) bond motifs is 1. The van der Waals surface area contributed by atoms with Crippen LogP contribution in [0.5, 0.6) is 0 Å². The highest BCUT2D eigenvalue weighted by atomic mass is 16.1. The number of hydrogen-bond donors (Lipinski definition) is 1. The number of para-hydroxylation sites is 2. The van der Waals surface area contributed by atoms with Gasteiger partial charge in [-0.3, -0.25) is 9.69 Å². The third-order valence-corrected chi connectivity index (χ3v) is 6.03. The summed E-state index contributed by atoms with van der Waals surface area (Å²) in [7, 11) is 0. The molecule has 0 unspecified atom stereocenters. The first-order valence-electron chi connectivity index (χ1n) is 11.1. The molecule has 2 heterocycles. The lowest BCUT2D eigenvalue weighted by atomic mass is 9.97. The Bertz CT molecular complexity index is 1020. The van der Waals surface area contributed by atoms with Crippen LogP contribution in [0.3, 0.4) is 0 Å². The summed E-state index contributed by atoms with van der Waals surface area (Å²) in [5.74, 6) is 1.23. The molecular formula is C25H32N4O. The molecule has 0 bridgehead atoms. The zero-order valence-corrected chi connectivity index (χ0v) is 18.3. The van der Waals surface area contributed by atoms with Gasteiger partial charge in [0.1, 0.15) is 5.82 Å². The van der Waals surface area contributed by atoms with E-state index in [1.807, 2.05) is 18.2 Å². The van der Waals surface area contributed by atoms with E-state index in [1.165, 1.54) is 11.1 Å². The average molecular weight is 405 g/mol. The zero-order valence-electron chi connectivity index (χ0n) is 18.3. The van der Waals surface area contributed by atoms with E-state index in [2.05, 4.69) is 65.9 Å². The maximum atomic E-state index is 12.9. The number of nitrogens with zero attached hydrogens (tertiary/aromatic N) is 3. The van der Waals surface area contributed by atoms with Gasteiger partial charge in [-0.25, -0.2) is 4.98 Å². The fourth-order valence-electron chi connectivity index (χ4n) is 4.51. The van der Waals surface area contributed by atoms with Gasteiger partial charge >= 0.3 is 0 Å². The Morgan fingerprint density at radius 3 is 2.83 bits per heavy atom. The molecule has 158 valence electrons. The Labute approximate surface area is 179 Å². The molecular weight excluding hydrogens is 372 g/mol. The average Bonchev–Trinajstić information content (AvgIpc) is 3.12. The Kier molecular flexibility index (Phi) is 6.18. The van der Waals surface area contributed by atoms with Crippen molar-refractivity contribution in [1.82, 2.24) is 14.5 Å². The largest absolute Gasteiger partial charge is 0.326 e. The SMILES string of the molecule is CCc1cccc(NC(=O)[C@H]2CCCN(Cc3nc4ccccc4n3C(C)C)C2)c1. The summed E-state index contributed by atoms with van der Waals surface area (Å²) in [5.41, 5.74) is 4.37. The van der Waals surface area contributed by atoms with Gasteiger partial charge in [-0.2, -0.15) is 0 Å². The van der Waals surface area contributed by atoms with Crippen molar-refractivity contribution in [2.45, 2.75) is 52.6 Å². The topological polar surface area (TPSA) is 50.2 Å². The van der Waals surface area contributed by atoms with Crippen LogP contribution in [-0.2, 0) is 17.8 Å². The van der Waals surface area contributed by atoms with Crippen molar-refractivity contribution in [3.63, 3.8) is 0 Å². The molecule has 1 aliphatic heterocycles. The number of benzene rings is 2. The van der Waals surface area contributed by atoms with Gasteiger partial charge in [0.2, 0.25) is 5.91 Å². The van der Waals surface area contributed by atoms with Gasteiger partial charge in [0.15, 0.2) is 0 Å². The summed E-state index contributed by atoms with van der Waals surface area (Å²) >= 11 is 0. The highest BCUT2D eigenvalue weighted by molar-refractivity contribution is 5.92. The highest BCUT2D eigenvalue weighted by Gasteiger charge is 2.27. The molecule has 5 nitrogen and oxygen atoms in total. The third kappa shape index (κ3) is 4.41. The number of anilines is 1. The van der Waals surface area contributed by atoms with E-state index >= 15 is 0 Å². The molecule has 1 saturated heterocycles. The summed E-state index contributed by atoms with van der Waals surface area (Å²) in [6.07, 6.45) is 2.95. The number of imidazole rings is 1. The standard InChI is InChI=1S/C25H32N4O/c1-4-19-9-7-11-21(15-19)26-25(30)20-10-8-14-28(16-20)17-24-27-22-12-5-6-13-23(22)29(24)18(2)3/h5-7,9,11-13,15,18,20H,4,8,10,14,16-17H2,1-3H3,(H,26,30)/t20-/m0/s1. The van der Waals surface area contributed by atoms with E-state index in [4.69, 9.17) is 4.98 Å². The van der Waals surface area contributed by atoms with Crippen LogP contribution in [0, 0.1) is 5.92 Å². The second kappa shape index (κ2) is 9.00. The first-order valence-corrected chi connectivity index (χ1v) is 11.1. The van der Waals surface area contributed by atoms with Crippen LogP contribution < -0.4 is 5.32 Å². The number of aromatic nitrogens is 2. The van der Waals surface area contributed by atoms with Gasteiger partial charge in [-0.05, 0) is 69.5 Å². The lowest BCUT2D eigenvalue weighted by molar-refractivity contribution is -0.121. The molecule has 1 amide bonds. The summed E-state index contributed by atoms with van der Waals surface area (Å²) in [4.78, 5) is 20.2. The predicted molar refractivity (Wildman–Crippen MR) is 123 cm³/mol. The van der Waals surface area contributed by atoms with E-state index in [1.54, 1.807) is 0 Å². The van der Waals surface area contributed by atoms with Crippen molar-refractivity contribution in [2.75, 3.05) is 18.4 Å². The monoisotopic (exact) mass is 404 g/mol. The number of hydrogen-bond acceptors (Lipinski definition) is 3. The van der Waals surface area contributed by atoms with Crippen LogP contribution in [0.25, 0.3) is 11.0 Å². The lowest BCUT2D eigenvalue weighted by Gasteiger charge is -2.32. The van der Waals surface area contributed by atoms with Crippen LogP contribution in [0.4, 0.5) is 5.69 Å². The number of likely N-dealkylation sites (tertiary alicyclic amines) is 1. The minimum atomic E-state index is 0.0147. The molecule has 1 atom stereocenters. The zero-order chi connectivity index (χ0) is 21.1. The van der Waals surface area contributed by atoms with Crippen molar-refractivity contribution in [2.24, 2.45) is 5.92 Å². The van der Waals surface area contributed by atoms with Crippen molar-refractivity contribution in [3.05, 3.63) is 59.9 Å². The van der Waals surface area contributed by atoms with Crippen molar-refractivity contribution >= 4 is 22.6 Å². The van der Waals surface area contributed by atoms with Crippen molar-refractivity contribution in [1.29, 1.82) is 0 Å². The summed E-state index contributed by atoms with van der Waals surface area (Å²) < 4.78 is 2.33. The number of rotatable bonds is 6. The molecule has 30 heavy (non-hydrogen) atoms. The van der Waals surface area contributed by atoms with Gasteiger partial charge in [-0.1, -0.05) is 31.2 Å². The molecule has 1 N–H and O–H groups in total. The van der Waals surface area contributed by atoms with Gasteiger partial charge in [0, 0.05) is 18.3 Å². The number of amides is 1. The number of nitrogens with one attached hydrogen (secondary N) is 1. The van der Waals surface area contributed by atoms with Crippen LogP contribution in [-0.4, -0.2) is 33.4 Å². The Morgan fingerprint density at radius 1 is 1.20 bits per heavy atom. The fourth-order valence-corrected chi connectivity index (χ4v) is 4.51. The summed E-state index contributed by atoms with van der Waals surface area (Å²) in [6, 6.07) is 16.8. The van der Waals surface area contributed by atoms with Crippen LogP contribution >= 0.6 is 0 Å². The molecule has 3 aromatic rings. The summed E-state index contributed by atoms with van der Waals surface area (Å²) in [6.45, 7) is 9.10. The number of piperidine rings is 1. The molecule has 1 aromatic heterocycles. The second-order valence-electron chi connectivity index (χ2n) is 8.60. The van der Waals surface area contributed by atoms with E-state index in [-0.39, 0.29) is 11.8 Å². The van der Waals surface area contributed by atoms with E-state index < -0.39 is 0 Å². The first kappa shape index (κ1) is 20.6.